The van der Waals surface area contributed by atoms with Crippen LogP contribution in [-0.4, -0.2) is 23.0 Å². The molecule has 0 fully saturated rings. The van der Waals surface area contributed by atoms with Crippen LogP contribution >= 0.6 is 0 Å². The van der Waals surface area contributed by atoms with Crippen LogP contribution in [0.4, 0.5) is 0 Å². The zero-order valence-corrected chi connectivity index (χ0v) is 17.5. The number of hydrogen-bond donors (Lipinski definition) is 1. The maximum absolute atomic E-state index is 6.31. The third-order valence-electron chi connectivity index (χ3n) is 6.16. The highest BCUT2D eigenvalue weighted by Crippen LogP contribution is 2.35. The molecule has 0 saturated carbocycles. The first kappa shape index (κ1) is 19.0. The molecule has 1 aliphatic heterocycles. The van der Waals surface area contributed by atoms with Crippen LogP contribution in [0.3, 0.4) is 0 Å². The number of benzene rings is 3. The lowest BCUT2D eigenvalue weighted by atomic mass is 10.0. The Morgan fingerprint density at radius 1 is 0.833 bits per heavy atom. The maximum atomic E-state index is 6.31. The van der Waals surface area contributed by atoms with E-state index in [-0.39, 0.29) is 0 Å². The van der Waals surface area contributed by atoms with Gasteiger partial charge in [0.2, 0.25) is 0 Å². The predicted molar refractivity (Wildman–Crippen MR) is 123 cm³/mol. The van der Waals surface area contributed by atoms with E-state index in [1.165, 1.54) is 38.9 Å². The molecule has 1 aromatic heterocycles. The molecular weight excluding hydrogens is 368 g/mol. The monoisotopic (exact) mass is 396 g/mol. The van der Waals surface area contributed by atoms with Crippen molar-refractivity contribution in [1.82, 2.24) is 9.88 Å². The van der Waals surface area contributed by atoms with Crippen LogP contribution in [0.1, 0.15) is 27.9 Å². The van der Waals surface area contributed by atoms with E-state index in [4.69, 9.17) is 4.74 Å². The number of aromatic nitrogens is 1. The van der Waals surface area contributed by atoms with E-state index in [2.05, 4.69) is 83.5 Å². The molecule has 4 aromatic rings. The van der Waals surface area contributed by atoms with E-state index in [1.807, 2.05) is 6.07 Å². The van der Waals surface area contributed by atoms with Crippen LogP contribution in [-0.2, 0) is 26.0 Å². The highest BCUT2D eigenvalue weighted by atomic mass is 16.5. The van der Waals surface area contributed by atoms with Gasteiger partial charge in [0.1, 0.15) is 12.4 Å². The van der Waals surface area contributed by atoms with Crippen LogP contribution < -0.4 is 4.74 Å². The van der Waals surface area contributed by atoms with Crippen LogP contribution in [0, 0.1) is 6.92 Å². The molecule has 2 heterocycles. The Kier molecular flexibility index (Phi) is 5.29. The highest BCUT2D eigenvalue weighted by molar-refractivity contribution is 5.93. The molecule has 0 amide bonds. The molecule has 0 saturated heterocycles. The molecule has 1 N–H and O–H groups in total. The SMILES string of the molecule is Cc1ccc(OCc2ccccc2)c2c3c([nH]c12)CCN(Cc1ccccc1)CC3. The first-order valence-corrected chi connectivity index (χ1v) is 10.8. The molecule has 3 aromatic carbocycles. The van der Waals surface area contributed by atoms with Crippen molar-refractivity contribution < 1.29 is 4.74 Å². The van der Waals surface area contributed by atoms with Gasteiger partial charge in [-0.3, -0.25) is 4.90 Å². The number of aromatic amines is 1. The molecule has 30 heavy (non-hydrogen) atoms. The Balaban J connectivity index is 1.41. The van der Waals surface area contributed by atoms with Gasteiger partial charge in [0.15, 0.2) is 0 Å². The topological polar surface area (TPSA) is 28.3 Å². The summed E-state index contributed by atoms with van der Waals surface area (Å²) in [6.07, 6.45) is 2.10. The highest BCUT2D eigenvalue weighted by Gasteiger charge is 2.21. The molecule has 0 atom stereocenters. The van der Waals surface area contributed by atoms with E-state index in [1.54, 1.807) is 0 Å². The number of hydrogen-bond acceptors (Lipinski definition) is 2. The minimum absolute atomic E-state index is 0.596. The average Bonchev–Trinajstić information content (AvgIpc) is 3.05. The zero-order valence-electron chi connectivity index (χ0n) is 17.5. The summed E-state index contributed by atoms with van der Waals surface area (Å²) in [7, 11) is 0. The molecule has 5 rings (SSSR count). The molecule has 3 heteroatoms. The van der Waals surface area contributed by atoms with Crippen LogP contribution in [0.25, 0.3) is 10.9 Å². The number of fused-ring (bicyclic) bond motifs is 3. The van der Waals surface area contributed by atoms with Gasteiger partial charge in [-0.2, -0.15) is 0 Å². The van der Waals surface area contributed by atoms with E-state index in [0.29, 0.717) is 6.61 Å². The fraction of sp³-hybridized carbons (Fsp3) is 0.259. The van der Waals surface area contributed by atoms with Crippen molar-refractivity contribution in [3.8, 4) is 5.75 Å². The van der Waals surface area contributed by atoms with Crippen LogP contribution in [0.2, 0.25) is 0 Å². The van der Waals surface area contributed by atoms with Crippen molar-refractivity contribution in [2.24, 2.45) is 0 Å². The molecule has 0 bridgehead atoms. The van der Waals surface area contributed by atoms with Gasteiger partial charge in [0.05, 0.1) is 5.52 Å². The summed E-state index contributed by atoms with van der Waals surface area (Å²) >= 11 is 0. The zero-order chi connectivity index (χ0) is 20.3. The van der Waals surface area contributed by atoms with E-state index in [9.17, 15) is 0 Å². The summed E-state index contributed by atoms with van der Waals surface area (Å²) in [5, 5.41) is 1.28. The lowest BCUT2D eigenvalue weighted by molar-refractivity contribution is 0.279. The number of nitrogens with zero attached hydrogens (tertiary/aromatic N) is 1. The Morgan fingerprint density at radius 2 is 1.53 bits per heavy atom. The molecule has 3 nitrogen and oxygen atoms in total. The van der Waals surface area contributed by atoms with E-state index >= 15 is 0 Å². The van der Waals surface area contributed by atoms with E-state index < -0.39 is 0 Å². The molecule has 0 spiro atoms. The summed E-state index contributed by atoms with van der Waals surface area (Å²) < 4.78 is 6.31. The normalized spacial score (nSPS) is 14.4. The van der Waals surface area contributed by atoms with Crippen LogP contribution in [0.5, 0.6) is 5.75 Å². The van der Waals surface area contributed by atoms with Crippen molar-refractivity contribution >= 4 is 10.9 Å². The molecule has 0 unspecified atom stereocenters. The summed E-state index contributed by atoms with van der Waals surface area (Å²) in [4.78, 5) is 6.31. The largest absolute Gasteiger partial charge is 0.488 e. The Morgan fingerprint density at radius 3 is 2.30 bits per heavy atom. The minimum Gasteiger partial charge on any atom is -0.488 e. The second-order valence-corrected chi connectivity index (χ2v) is 8.25. The van der Waals surface area contributed by atoms with Crippen molar-refractivity contribution in [3.63, 3.8) is 0 Å². The quantitative estimate of drug-likeness (QED) is 0.472. The first-order chi connectivity index (χ1) is 14.8. The number of nitrogens with one attached hydrogen (secondary N) is 1. The number of H-pyrrole nitrogens is 1. The third-order valence-corrected chi connectivity index (χ3v) is 6.16. The second-order valence-electron chi connectivity index (χ2n) is 8.25. The molecule has 0 radical (unpaired) electrons. The summed E-state index contributed by atoms with van der Waals surface area (Å²) in [5.41, 5.74) is 7.91. The Bertz CT molecular complexity index is 1130. The van der Waals surface area contributed by atoms with Crippen molar-refractivity contribution in [2.45, 2.75) is 32.9 Å². The molecular formula is C27H28N2O. The number of ether oxygens (including phenoxy) is 1. The molecule has 0 aliphatic carbocycles. The van der Waals surface area contributed by atoms with Gasteiger partial charge >= 0.3 is 0 Å². The van der Waals surface area contributed by atoms with Crippen molar-refractivity contribution in [1.29, 1.82) is 0 Å². The van der Waals surface area contributed by atoms with Gasteiger partial charge in [-0.1, -0.05) is 66.7 Å². The van der Waals surface area contributed by atoms with Gasteiger partial charge in [0.25, 0.3) is 0 Å². The minimum atomic E-state index is 0.596. The van der Waals surface area contributed by atoms with Gasteiger partial charge in [-0.25, -0.2) is 0 Å². The van der Waals surface area contributed by atoms with Crippen molar-refractivity contribution in [2.75, 3.05) is 13.1 Å². The van der Waals surface area contributed by atoms with Gasteiger partial charge in [-0.05, 0) is 41.7 Å². The van der Waals surface area contributed by atoms with Gasteiger partial charge in [-0.15, -0.1) is 0 Å². The fourth-order valence-electron chi connectivity index (χ4n) is 4.52. The lowest BCUT2D eigenvalue weighted by Crippen LogP contribution is -2.26. The lowest BCUT2D eigenvalue weighted by Gasteiger charge is -2.20. The smallest absolute Gasteiger partial charge is 0.129 e. The molecule has 152 valence electrons. The second kappa shape index (κ2) is 8.37. The van der Waals surface area contributed by atoms with Crippen LogP contribution in [0.15, 0.2) is 72.8 Å². The fourth-order valence-corrected chi connectivity index (χ4v) is 4.52. The van der Waals surface area contributed by atoms with E-state index in [0.717, 1.165) is 38.2 Å². The summed E-state index contributed by atoms with van der Waals surface area (Å²) in [5.74, 6) is 0.994. The Hall–Kier alpha value is -3.04. The number of rotatable bonds is 5. The summed E-state index contributed by atoms with van der Waals surface area (Å²) in [6.45, 7) is 5.94. The van der Waals surface area contributed by atoms with Gasteiger partial charge in [0, 0.05) is 37.1 Å². The third kappa shape index (κ3) is 3.86. The molecule has 1 aliphatic rings. The standard InChI is InChI=1S/C27H28N2O/c1-20-12-13-25(30-19-22-10-6-3-7-11-22)26-23-14-16-29(17-15-24(23)28-27(20)26)18-21-8-4-2-5-9-21/h2-13,28H,14-19H2,1H3. The summed E-state index contributed by atoms with van der Waals surface area (Å²) in [6, 6.07) is 25.5. The first-order valence-electron chi connectivity index (χ1n) is 10.8. The maximum Gasteiger partial charge on any atom is 0.129 e. The number of aryl methyl sites for hydroxylation is 1. The predicted octanol–water partition coefficient (Wildman–Crippen LogP) is 5.66. The Labute approximate surface area is 178 Å². The van der Waals surface area contributed by atoms with Gasteiger partial charge < -0.3 is 9.72 Å². The van der Waals surface area contributed by atoms with Crippen molar-refractivity contribution in [3.05, 3.63) is 101 Å². The average molecular weight is 397 g/mol.